The van der Waals surface area contributed by atoms with E-state index in [1.165, 1.54) is 18.4 Å². The molecule has 0 saturated carbocycles. The minimum absolute atomic E-state index is 0.660. The number of halogens is 1. The summed E-state index contributed by atoms with van der Waals surface area (Å²) in [4.78, 5) is 0. The quantitative estimate of drug-likeness (QED) is 0.859. The maximum absolute atomic E-state index is 5.76. The van der Waals surface area contributed by atoms with E-state index in [1.807, 2.05) is 0 Å². The first-order valence-corrected chi connectivity index (χ1v) is 5.90. The van der Waals surface area contributed by atoms with E-state index in [9.17, 15) is 0 Å². The van der Waals surface area contributed by atoms with Gasteiger partial charge in [0.15, 0.2) is 0 Å². The van der Waals surface area contributed by atoms with Crippen LogP contribution in [-0.2, 0) is 0 Å². The highest BCUT2D eigenvalue weighted by Crippen LogP contribution is 2.37. The first-order chi connectivity index (χ1) is 5.70. The lowest BCUT2D eigenvalue weighted by Crippen LogP contribution is -1.94. The highest BCUT2D eigenvalue weighted by Gasteiger charge is 2.13. The fourth-order valence-corrected chi connectivity index (χ4v) is 3.03. The van der Waals surface area contributed by atoms with Crippen molar-refractivity contribution in [2.75, 3.05) is 5.73 Å². The summed E-state index contributed by atoms with van der Waals surface area (Å²) in [5, 5.41) is 3.06. The average Bonchev–Trinajstić information content (AvgIpc) is 2.38. The van der Waals surface area contributed by atoms with E-state index in [2.05, 4.69) is 35.2 Å². The number of hydrogen-bond acceptors (Lipinski definition) is 2. The minimum Gasteiger partial charge on any atom is -0.390 e. The largest absolute Gasteiger partial charge is 0.390 e. The molecule has 1 nitrogen and oxygen atoms in total. The van der Waals surface area contributed by atoms with Crippen LogP contribution < -0.4 is 5.73 Å². The van der Waals surface area contributed by atoms with Gasteiger partial charge in [-0.2, -0.15) is 0 Å². The number of thiophene rings is 1. The van der Waals surface area contributed by atoms with Crippen molar-refractivity contribution < 1.29 is 0 Å². The topological polar surface area (TPSA) is 26.0 Å². The zero-order valence-electron chi connectivity index (χ0n) is 7.43. The molecule has 0 atom stereocenters. The zero-order chi connectivity index (χ0) is 9.14. The van der Waals surface area contributed by atoms with Crippen LogP contribution in [0.3, 0.4) is 0 Å². The number of rotatable bonds is 3. The molecule has 0 unspecified atom stereocenters. The Kier molecular flexibility index (Phi) is 3.59. The molecule has 2 N–H and O–H groups in total. The third kappa shape index (κ3) is 1.83. The van der Waals surface area contributed by atoms with E-state index < -0.39 is 0 Å². The third-order valence-electron chi connectivity index (χ3n) is 2.21. The maximum Gasteiger partial charge on any atom is 0.100 e. The number of anilines is 1. The summed E-state index contributed by atoms with van der Waals surface area (Å²) in [6, 6.07) is 0. The van der Waals surface area contributed by atoms with Gasteiger partial charge in [-0.15, -0.1) is 11.3 Å². The van der Waals surface area contributed by atoms with Crippen LogP contribution in [0.2, 0.25) is 0 Å². The first kappa shape index (κ1) is 10.1. The van der Waals surface area contributed by atoms with Crippen molar-refractivity contribution in [3.63, 3.8) is 0 Å². The summed E-state index contributed by atoms with van der Waals surface area (Å²) in [6.07, 6.45) is 2.37. The van der Waals surface area contributed by atoms with Gasteiger partial charge in [-0.3, -0.25) is 0 Å². The summed E-state index contributed by atoms with van der Waals surface area (Å²) in [5.74, 6) is 0.660. The molecule has 0 fully saturated rings. The van der Waals surface area contributed by atoms with Gasteiger partial charge in [0.2, 0.25) is 0 Å². The molecule has 0 amide bonds. The molecule has 1 rings (SSSR count). The van der Waals surface area contributed by atoms with Gasteiger partial charge in [-0.25, -0.2) is 0 Å². The standard InChI is InChI=1S/C9H14BrNS/c1-3-6(4-2)7-5-12-9(11)8(7)10/h5-6H,3-4,11H2,1-2H3. The fraction of sp³-hybridized carbons (Fsp3) is 0.556. The van der Waals surface area contributed by atoms with E-state index in [-0.39, 0.29) is 0 Å². The summed E-state index contributed by atoms with van der Waals surface area (Å²) >= 11 is 5.14. The van der Waals surface area contributed by atoms with E-state index in [1.54, 1.807) is 11.3 Å². The molecule has 1 heterocycles. The molecule has 0 aliphatic carbocycles. The summed E-state index contributed by atoms with van der Waals surface area (Å²) < 4.78 is 1.11. The van der Waals surface area contributed by atoms with Crippen LogP contribution in [0, 0.1) is 0 Å². The molecular weight excluding hydrogens is 234 g/mol. The van der Waals surface area contributed by atoms with Gasteiger partial charge in [0.05, 0.1) is 4.47 Å². The second-order valence-electron chi connectivity index (χ2n) is 2.88. The Morgan fingerprint density at radius 3 is 2.42 bits per heavy atom. The lowest BCUT2D eigenvalue weighted by Gasteiger charge is -2.10. The molecule has 0 bridgehead atoms. The van der Waals surface area contributed by atoms with Gasteiger partial charge in [0, 0.05) is 0 Å². The van der Waals surface area contributed by atoms with Gasteiger partial charge < -0.3 is 5.73 Å². The second-order valence-corrected chi connectivity index (χ2v) is 4.59. The van der Waals surface area contributed by atoms with Crippen molar-refractivity contribution in [2.45, 2.75) is 32.6 Å². The van der Waals surface area contributed by atoms with Crippen LogP contribution >= 0.6 is 27.3 Å². The molecule has 0 radical (unpaired) electrons. The number of nitrogen functional groups attached to an aromatic ring is 1. The smallest absolute Gasteiger partial charge is 0.100 e. The van der Waals surface area contributed by atoms with E-state index >= 15 is 0 Å². The summed E-state index contributed by atoms with van der Waals surface area (Å²) in [7, 11) is 0. The summed E-state index contributed by atoms with van der Waals surface area (Å²) in [6.45, 7) is 4.43. The third-order valence-corrected chi connectivity index (χ3v) is 4.19. The van der Waals surface area contributed by atoms with Gasteiger partial charge in [-0.05, 0) is 45.6 Å². The molecule has 1 aromatic heterocycles. The Balaban J connectivity index is 2.93. The van der Waals surface area contributed by atoms with Crippen LogP contribution in [0.25, 0.3) is 0 Å². The van der Waals surface area contributed by atoms with Gasteiger partial charge in [0.1, 0.15) is 5.00 Å². The molecule has 3 heteroatoms. The van der Waals surface area contributed by atoms with E-state index in [4.69, 9.17) is 5.73 Å². The van der Waals surface area contributed by atoms with Crippen LogP contribution in [-0.4, -0.2) is 0 Å². The zero-order valence-corrected chi connectivity index (χ0v) is 9.83. The molecule has 0 saturated heterocycles. The Labute approximate surface area is 86.1 Å². The van der Waals surface area contributed by atoms with Gasteiger partial charge >= 0.3 is 0 Å². The van der Waals surface area contributed by atoms with Crippen molar-refractivity contribution in [3.05, 3.63) is 15.4 Å². The lowest BCUT2D eigenvalue weighted by atomic mass is 9.97. The monoisotopic (exact) mass is 247 g/mol. The molecule has 0 aromatic carbocycles. The predicted molar refractivity (Wildman–Crippen MR) is 59.8 cm³/mol. The molecule has 1 aromatic rings. The molecule has 0 aliphatic rings. The fourth-order valence-electron chi connectivity index (χ4n) is 1.38. The highest BCUT2D eigenvalue weighted by atomic mass is 79.9. The van der Waals surface area contributed by atoms with Crippen LogP contribution in [0.4, 0.5) is 5.00 Å². The van der Waals surface area contributed by atoms with Gasteiger partial charge in [-0.1, -0.05) is 13.8 Å². The van der Waals surface area contributed by atoms with Crippen molar-refractivity contribution in [1.29, 1.82) is 0 Å². The van der Waals surface area contributed by atoms with Crippen LogP contribution in [0.15, 0.2) is 9.85 Å². The van der Waals surface area contributed by atoms with Crippen LogP contribution in [0.1, 0.15) is 38.2 Å². The maximum atomic E-state index is 5.76. The van der Waals surface area contributed by atoms with Crippen molar-refractivity contribution >= 4 is 32.3 Å². The molecule has 0 aliphatic heterocycles. The molecule has 12 heavy (non-hydrogen) atoms. The number of nitrogens with two attached hydrogens (primary N) is 1. The predicted octanol–water partition coefficient (Wildman–Crippen LogP) is 4.00. The highest BCUT2D eigenvalue weighted by molar-refractivity contribution is 9.10. The second kappa shape index (κ2) is 4.28. The molecule has 0 spiro atoms. The normalized spacial score (nSPS) is 11.0. The van der Waals surface area contributed by atoms with Crippen molar-refractivity contribution in [2.24, 2.45) is 0 Å². The summed E-state index contributed by atoms with van der Waals surface area (Å²) in [5.41, 5.74) is 7.14. The molecule has 68 valence electrons. The van der Waals surface area contributed by atoms with E-state index in [0.29, 0.717) is 5.92 Å². The number of hydrogen-bond donors (Lipinski definition) is 1. The van der Waals surface area contributed by atoms with Crippen molar-refractivity contribution in [1.82, 2.24) is 0 Å². The SMILES string of the molecule is CCC(CC)c1csc(N)c1Br. The Hall–Kier alpha value is -0.0200. The van der Waals surface area contributed by atoms with Gasteiger partial charge in [0.25, 0.3) is 0 Å². The molecular formula is C9H14BrNS. The average molecular weight is 248 g/mol. The van der Waals surface area contributed by atoms with Crippen LogP contribution in [0.5, 0.6) is 0 Å². The Morgan fingerprint density at radius 2 is 2.08 bits per heavy atom. The van der Waals surface area contributed by atoms with Crippen molar-refractivity contribution in [3.8, 4) is 0 Å². The lowest BCUT2D eigenvalue weighted by molar-refractivity contribution is 0.642. The Bertz CT molecular complexity index is 253. The minimum atomic E-state index is 0.660. The first-order valence-electron chi connectivity index (χ1n) is 4.23. The Morgan fingerprint density at radius 1 is 1.50 bits per heavy atom. The van der Waals surface area contributed by atoms with E-state index in [0.717, 1.165) is 9.47 Å².